The Balaban J connectivity index is 2.01. The van der Waals surface area contributed by atoms with E-state index in [1.807, 2.05) is 36.4 Å². The van der Waals surface area contributed by atoms with Gasteiger partial charge < -0.3 is 5.11 Å². The molecule has 0 saturated heterocycles. The molecule has 1 N–H and O–H groups in total. The molecule has 2 aromatic rings. The number of hydrogen-bond acceptors (Lipinski definition) is 1. The molecule has 0 aromatic heterocycles. The normalized spacial score (nSPS) is 11.8. The van der Waals surface area contributed by atoms with Crippen LogP contribution in [0.15, 0.2) is 42.5 Å². The van der Waals surface area contributed by atoms with Crippen LogP contribution in [-0.4, -0.2) is 11.1 Å². The van der Waals surface area contributed by atoms with Crippen molar-refractivity contribution in [3.8, 4) is 22.3 Å². The zero-order chi connectivity index (χ0) is 12.7. The summed E-state index contributed by atoms with van der Waals surface area (Å²) in [6.07, 6.45) is 2.73. The van der Waals surface area contributed by atoms with Crippen LogP contribution in [0, 0.1) is 0 Å². The smallest absolute Gasteiger partial charge is 0.328 e. The lowest BCUT2D eigenvalue weighted by atomic mass is 9.80. The molecule has 1 aliphatic carbocycles. The molecular weight excluding hydrogens is 248 g/mol. The first-order valence-corrected chi connectivity index (χ1v) is 5.88. The van der Waals surface area contributed by atoms with Crippen molar-refractivity contribution in [1.82, 2.24) is 0 Å². The highest BCUT2D eigenvalue weighted by molar-refractivity contribution is 6.31. The van der Waals surface area contributed by atoms with Crippen molar-refractivity contribution in [2.45, 2.75) is 0 Å². The van der Waals surface area contributed by atoms with E-state index in [4.69, 9.17) is 16.7 Å². The number of hydrogen-bond donors (Lipinski definition) is 1. The number of halogens is 1. The van der Waals surface area contributed by atoms with Gasteiger partial charge in [0.1, 0.15) is 0 Å². The van der Waals surface area contributed by atoms with Crippen LogP contribution < -0.4 is 0 Å². The largest absolute Gasteiger partial charge is 0.478 e. The molecule has 1 aliphatic rings. The third-order valence-corrected chi connectivity index (χ3v) is 3.26. The van der Waals surface area contributed by atoms with Crippen LogP contribution >= 0.6 is 11.6 Å². The zero-order valence-electron chi connectivity index (χ0n) is 9.35. The summed E-state index contributed by atoms with van der Waals surface area (Å²) in [7, 11) is 0. The van der Waals surface area contributed by atoms with Crippen molar-refractivity contribution >= 4 is 23.6 Å². The molecule has 0 atom stereocenters. The minimum atomic E-state index is -0.943. The lowest BCUT2D eigenvalue weighted by Crippen LogP contribution is -1.98. The van der Waals surface area contributed by atoms with Crippen molar-refractivity contribution in [1.29, 1.82) is 0 Å². The van der Waals surface area contributed by atoms with E-state index in [-0.39, 0.29) is 0 Å². The average Bonchev–Trinajstić information content (AvgIpc) is 2.34. The van der Waals surface area contributed by atoms with Crippen LogP contribution in [0.25, 0.3) is 28.3 Å². The van der Waals surface area contributed by atoms with Crippen molar-refractivity contribution in [3.05, 3.63) is 53.1 Å². The third kappa shape index (κ3) is 1.71. The Morgan fingerprint density at radius 3 is 2.39 bits per heavy atom. The number of carboxylic acids is 1. The molecule has 18 heavy (non-hydrogen) atoms. The summed E-state index contributed by atoms with van der Waals surface area (Å²) in [6.45, 7) is 0. The molecule has 0 fully saturated rings. The summed E-state index contributed by atoms with van der Waals surface area (Å²) in [4.78, 5) is 10.5. The van der Waals surface area contributed by atoms with E-state index in [2.05, 4.69) is 0 Å². The Morgan fingerprint density at radius 2 is 1.67 bits per heavy atom. The fourth-order valence-corrected chi connectivity index (χ4v) is 2.37. The van der Waals surface area contributed by atoms with Gasteiger partial charge in [-0.1, -0.05) is 29.8 Å². The van der Waals surface area contributed by atoms with E-state index < -0.39 is 5.97 Å². The molecule has 0 radical (unpaired) electrons. The summed E-state index contributed by atoms with van der Waals surface area (Å²) < 4.78 is 0. The van der Waals surface area contributed by atoms with Gasteiger partial charge >= 0.3 is 5.97 Å². The summed E-state index contributed by atoms with van der Waals surface area (Å²) in [5, 5.41) is 9.32. The first kappa shape index (κ1) is 11.1. The molecule has 0 heterocycles. The van der Waals surface area contributed by atoms with Crippen LogP contribution in [0.4, 0.5) is 0 Å². The molecule has 0 spiro atoms. The van der Waals surface area contributed by atoms with Crippen LogP contribution in [0.2, 0.25) is 5.02 Å². The number of fused-ring (bicyclic) bond motifs is 4. The monoisotopic (exact) mass is 256 g/mol. The fraction of sp³-hybridized carbons (Fsp3) is 0. The van der Waals surface area contributed by atoms with E-state index >= 15 is 0 Å². The first-order valence-electron chi connectivity index (χ1n) is 5.50. The first-order chi connectivity index (χ1) is 8.65. The summed E-state index contributed by atoms with van der Waals surface area (Å²) in [5.41, 5.74) is 5.52. The number of benzene rings is 2. The molecule has 0 amide bonds. The number of aliphatic carboxylic acids is 1. The molecule has 2 aromatic carbocycles. The predicted molar refractivity (Wildman–Crippen MR) is 72.6 cm³/mol. The van der Waals surface area contributed by atoms with Crippen LogP contribution in [0.5, 0.6) is 0 Å². The van der Waals surface area contributed by atoms with E-state index in [9.17, 15) is 4.79 Å². The Kier molecular flexibility index (Phi) is 2.46. The van der Waals surface area contributed by atoms with E-state index in [1.165, 1.54) is 11.1 Å². The maximum absolute atomic E-state index is 10.5. The highest BCUT2D eigenvalue weighted by Gasteiger charge is 2.21. The van der Waals surface area contributed by atoms with Gasteiger partial charge in [0.25, 0.3) is 0 Å². The van der Waals surface area contributed by atoms with Crippen molar-refractivity contribution in [2.24, 2.45) is 0 Å². The van der Waals surface area contributed by atoms with Crippen LogP contribution in [0.3, 0.4) is 0 Å². The van der Waals surface area contributed by atoms with Gasteiger partial charge in [-0.05, 0) is 52.1 Å². The van der Waals surface area contributed by atoms with Gasteiger partial charge in [-0.3, -0.25) is 0 Å². The van der Waals surface area contributed by atoms with Gasteiger partial charge in [-0.2, -0.15) is 0 Å². The highest BCUT2D eigenvalue weighted by atomic mass is 35.5. The van der Waals surface area contributed by atoms with E-state index in [0.717, 1.165) is 22.8 Å². The van der Waals surface area contributed by atoms with Gasteiger partial charge in [0.2, 0.25) is 0 Å². The molecule has 3 rings (SSSR count). The standard InChI is InChI=1S/C15H9ClO2/c16-10-3-5-12-11-4-1-9(2-6-15(17)18)7-13(11)14(12)8-10/h1-8H,(H,17,18). The summed E-state index contributed by atoms with van der Waals surface area (Å²) in [5.74, 6) is -0.943. The number of rotatable bonds is 2. The summed E-state index contributed by atoms with van der Waals surface area (Å²) in [6, 6.07) is 11.7. The van der Waals surface area contributed by atoms with E-state index in [0.29, 0.717) is 5.02 Å². The number of carboxylic acid groups (broad SMARTS) is 1. The van der Waals surface area contributed by atoms with Gasteiger partial charge in [0.05, 0.1) is 0 Å². The quantitative estimate of drug-likeness (QED) is 0.702. The Bertz CT molecular complexity index is 687. The average molecular weight is 257 g/mol. The van der Waals surface area contributed by atoms with Gasteiger partial charge in [0, 0.05) is 11.1 Å². The summed E-state index contributed by atoms with van der Waals surface area (Å²) >= 11 is 5.97. The molecule has 0 unspecified atom stereocenters. The van der Waals surface area contributed by atoms with Gasteiger partial charge in [0.15, 0.2) is 0 Å². The molecule has 0 bridgehead atoms. The molecular formula is C15H9ClO2. The lowest BCUT2D eigenvalue weighted by Gasteiger charge is -2.24. The van der Waals surface area contributed by atoms with Gasteiger partial charge in [-0.15, -0.1) is 0 Å². The lowest BCUT2D eigenvalue weighted by molar-refractivity contribution is -0.131. The zero-order valence-corrected chi connectivity index (χ0v) is 10.1. The third-order valence-electron chi connectivity index (χ3n) is 3.02. The Labute approximate surface area is 109 Å². The maximum Gasteiger partial charge on any atom is 0.328 e. The maximum atomic E-state index is 10.5. The minimum absolute atomic E-state index is 0.714. The topological polar surface area (TPSA) is 37.3 Å². The SMILES string of the molecule is O=C(O)C=Cc1ccc2c(c1)-c1cc(Cl)ccc1-2. The second-order valence-electron chi connectivity index (χ2n) is 4.17. The number of carbonyl (C=O) groups is 1. The second kappa shape index (κ2) is 4.00. The van der Waals surface area contributed by atoms with Gasteiger partial charge in [-0.25, -0.2) is 4.79 Å². The predicted octanol–water partition coefficient (Wildman–Crippen LogP) is 4.09. The van der Waals surface area contributed by atoms with Crippen LogP contribution in [0.1, 0.15) is 5.56 Å². The molecule has 2 nitrogen and oxygen atoms in total. The Morgan fingerprint density at radius 1 is 1.00 bits per heavy atom. The van der Waals surface area contributed by atoms with Crippen molar-refractivity contribution < 1.29 is 9.90 Å². The van der Waals surface area contributed by atoms with Crippen molar-refractivity contribution in [2.75, 3.05) is 0 Å². The molecule has 88 valence electrons. The van der Waals surface area contributed by atoms with Crippen molar-refractivity contribution in [3.63, 3.8) is 0 Å². The van der Waals surface area contributed by atoms with Crippen LogP contribution in [-0.2, 0) is 4.79 Å². The minimum Gasteiger partial charge on any atom is -0.478 e. The second-order valence-corrected chi connectivity index (χ2v) is 4.60. The fourth-order valence-electron chi connectivity index (χ4n) is 2.20. The Hall–Kier alpha value is -2.06. The van der Waals surface area contributed by atoms with E-state index in [1.54, 1.807) is 6.08 Å². The highest BCUT2D eigenvalue weighted by Crippen LogP contribution is 2.48. The molecule has 3 heteroatoms. The molecule has 0 aliphatic heterocycles. The molecule has 0 saturated carbocycles.